The first-order valence-electron chi connectivity index (χ1n) is 9.96. The maximum absolute atomic E-state index is 5.42. The second kappa shape index (κ2) is 13.4. The third-order valence-corrected chi connectivity index (χ3v) is 4.81. The molecule has 0 saturated carbocycles. The van der Waals surface area contributed by atoms with E-state index in [0.29, 0.717) is 12.6 Å². The molecule has 2 N–H and O–H groups in total. The van der Waals surface area contributed by atoms with Gasteiger partial charge in [0.25, 0.3) is 0 Å². The van der Waals surface area contributed by atoms with Crippen LogP contribution >= 0.6 is 24.0 Å². The number of halogens is 1. The summed E-state index contributed by atoms with van der Waals surface area (Å²) in [5.41, 5.74) is 3.70. The van der Waals surface area contributed by atoms with Gasteiger partial charge < -0.3 is 15.4 Å². The molecule has 2 aromatic rings. The number of ether oxygens (including phenoxy) is 1. The maximum atomic E-state index is 5.42. The fourth-order valence-electron chi connectivity index (χ4n) is 2.85. The van der Waals surface area contributed by atoms with Crippen molar-refractivity contribution in [3.63, 3.8) is 0 Å². The topological polar surface area (TPSA) is 48.9 Å². The van der Waals surface area contributed by atoms with E-state index >= 15 is 0 Å². The normalized spacial score (nSPS) is 11.3. The number of hydrogen-bond donors (Lipinski definition) is 2. The summed E-state index contributed by atoms with van der Waals surface area (Å²) in [5.74, 6) is 1.67. The number of nitrogens with one attached hydrogen (secondary N) is 2. The van der Waals surface area contributed by atoms with Crippen LogP contribution in [0.3, 0.4) is 0 Å². The predicted octanol–water partition coefficient (Wildman–Crippen LogP) is 4.41. The first-order valence-corrected chi connectivity index (χ1v) is 9.96. The zero-order valence-corrected chi connectivity index (χ0v) is 20.6. The van der Waals surface area contributed by atoms with E-state index in [9.17, 15) is 0 Å². The van der Waals surface area contributed by atoms with E-state index in [1.165, 1.54) is 11.1 Å². The summed E-state index contributed by atoms with van der Waals surface area (Å²) in [6.07, 6.45) is 0. The van der Waals surface area contributed by atoms with Gasteiger partial charge in [0.2, 0.25) is 0 Å². The average Bonchev–Trinajstić information content (AvgIpc) is 2.71. The van der Waals surface area contributed by atoms with Gasteiger partial charge in [-0.05, 0) is 45.0 Å². The lowest BCUT2D eigenvalue weighted by molar-refractivity contribution is 0.265. The third-order valence-electron chi connectivity index (χ3n) is 4.81. The Bertz CT molecular complexity index is 764. The lowest BCUT2D eigenvalue weighted by Gasteiger charge is -2.23. The highest BCUT2D eigenvalue weighted by molar-refractivity contribution is 14.0. The summed E-state index contributed by atoms with van der Waals surface area (Å²) in [6, 6.07) is 17.1. The molecular formula is C23H35IN4O. The predicted molar refractivity (Wildman–Crippen MR) is 133 cm³/mol. The molecule has 160 valence electrons. The smallest absolute Gasteiger partial charge is 0.191 e. The minimum Gasteiger partial charge on any atom is -0.496 e. The van der Waals surface area contributed by atoms with Crippen LogP contribution in [0, 0.1) is 0 Å². The van der Waals surface area contributed by atoms with Crippen molar-refractivity contribution in [2.75, 3.05) is 20.7 Å². The monoisotopic (exact) mass is 510 g/mol. The minimum atomic E-state index is 0. The highest BCUT2D eigenvalue weighted by atomic mass is 127. The molecule has 0 bridgehead atoms. The van der Waals surface area contributed by atoms with E-state index < -0.39 is 0 Å². The molecule has 5 nitrogen and oxygen atoms in total. The Labute approximate surface area is 193 Å². The number of aliphatic imine (C=N–C) groups is 1. The van der Waals surface area contributed by atoms with Crippen LogP contribution in [0.4, 0.5) is 0 Å². The Morgan fingerprint density at radius 2 is 1.62 bits per heavy atom. The van der Waals surface area contributed by atoms with Crippen molar-refractivity contribution in [3.05, 3.63) is 65.2 Å². The molecular weight excluding hydrogens is 475 g/mol. The molecule has 0 fully saturated rings. The highest BCUT2D eigenvalue weighted by Gasteiger charge is 2.09. The van der Waals surface area contributed by atoms with Gasteiger partial charge in [0.15, 0.2) is 5.96 Å². The van der Waals surface area contributed by atoms with Crippen LogP contribution in [-0.2, 0) is 19.6 Å². The molecule has 0 spiro atoms. The second-order valence-corrected chi connectivity index (χ2v) is 7.14. The Morgan fingerprint density at radius 1 is 1.00 bits per heavy atom. The van der Waals surface area contributed by atoms with Gasteiger partial charge in [-0.15, -0.1) is 24.0 Å². The van der Waals surface area contributed by atoms with Crippen LogP contribution in [0.5, 0.6) is 5.75 Å². The molecule has 0 heterocycles. The van der Waals surface area contributed by atoms with Crippen LogP contribution in [0.25, 0.3) is 0 Å². The van der Waals surface area contributed by atoms with E-state index in [1.807, 2.05) is 24.3 Å². The molecule has 0 saturated heterocycles. The fraction of sp³-hybridized carbons (Fsp3) is 0.435. The summed E-state index contributed by atoms with van der Waals surface area (Å²) in [7, 11) is 3.85. The van der Waals surface area contributed by atoms with Crippen LogP contribution in [0.15, 0.2) is 53.5 Å². The highest BCUT2D eigenvalue weighted by Crippen LogP contribution is 2.18. The van der Waals surface area contributed by atoms with Gasteiger partial charge in [0, 0.05) is 31.2 Å². The van der Waals surface area contributed by atoms with Gasteiger partial charge in [0.1, 0.15) is 5.75 Å². The molecule has 0 radical (unpaired) electrons. The van der Waals surface area contributed by atoms with Crippen LogP contribution in [-0.4, -0.2) is 37.6 Å². The SMILES string of the molecule is CCNC(=NCc1ccccc1OC)NCc1ccccc1CN(C)C(C)C.I. The fourth-order valence-corrected chi connectivity index (χ4v) is 2.85. The summed E-state index contributed by atoms with van der Waals surface area (Å²) < 4.78 is 5.42. The van der Waals surface area contributed by atoms with E-state index in [1.54, 1.807) is 7.11 Å². The maximum Gasteiger partial charge on any atom is 0.191 e. The Hall–Kier alpha value is -1.80. The number of benzene rings is 2. The molecule has 0 aliphatic rings. The molecule has 29 heavy (non-hydrogen) atoms. The first-order chi connectivity index (χ1) is 13.5. The molecule has 6 heteroatoms. The molecule has 2 aromatic carbocycles. The summed E-state index contributed by atoms with van der Waals surface area (Å²) >= 11 is 0. The lowest BCUT2D eigenvalue weighted by Crippen LogP contribution is -2.37. The number of para-hydroxylation sites is 1. The standard InChI is InChI=1S/C23H34N4O.HI/c1-6-24-23(26-16-20-12-9-10-14-22(20)28-5)25-15-19-11-7-8-13-21(19)17-27(4)18(2)3;/h7-14,18H,6,15-17H2,1-5H3,(H2,24,25,26);1H. The quantitative estimate of drug-likeness (QED) is 0.298. The van der Waals surface area contributed by atoms with Crippen molar-refractivity contribution in [3.8, 4) is 5.75 Å². The Morgan fingerprint density at radius 3 is 2.24 bits per heavy atom. The Kier molecular flexibility index (Phi) is 11.7. The van der Waals surface area contributed by atoms with Crippen LogP contribution < -0.4 is 15.4 Å². The second-order valence-electron chi connectivity index (χ2n) is 7.14. The van der Waals surface area contributed by atoms with Crippen molar-refractivity contribution in [2.24, 2.45) is 4.99 Å². The van der Waals surface area contributed by atoms with Crippen LogP contribution in [0.1, 0.15) is 37.5 Å². The molecule has 0 aromatic heterocycles. The zero-order chi connectivity index (χ0) is 20.4. The number of hydrogen-bond acceptors (Lipinski definition) is 3. The first kappa shape index (κ1) is 25.2. The molecule has 0 atom stereocenters. The van der Waals surface area contributed by atoms with E-state index in [4.69, 9.17) is 9.73 Å². The van der Waals surface area contributed by atoms with E-state index in [-0.39, 0.29) is 24.0 Å². The minimum absolute atomic E-state index is 0. The van der Waals surface area contributed by atoms with Gasteiger partial charge in [-0.2, -0.15) is 0 Å². The van der Waals surface area contributed by atoms with E-state index in [2.05, 4.69) is 67.6 Å². The van der Waals surface area contributed by atoms with Gasteiger partial charge >= 0.3 is 0 Å². The zero-order valence-electron chi connectivity index (χ0n) is 18.2. The largest absolute Gasteiger partial charge is 0.496 e. The molecule has 0 aliphatic heterocycles. The third kappa shape index (κ3) is 8.22. The number of guanidine groups is 1. The van der Waals surface area contributed by atoms with Crippen molar-refractivity contribution in [1.29, 1.82) is 0 Å². The van der Waals surface area contributed by atoms with Gasteiger partial charge in [-0.1, -0.05) is 42.5 Å². The molecule has 0 unspecified atom stereocenters. The molecule has 0 amide bonds. The van der Waals surface area contributed by atoms with Crippen molar-refractivity contribution in [2.45, 2.75) is 46.4 Å². The van der Waals surface area contributed by atoms with Crippen LogP contribution in [0.2, 0.25) is 0 Å². The summed E-state index contributed by atoms with van der Waals surface area (Å²) in [5, 5.41) is 6.79. The van der Waals surface area contributed by atoms with E-state index in [0.717, 1.165) is 36.9 Å². The Balaban J connectivity index is 0.00000420. The van der Waals surface area contributed by atoms with Crippen molar-refractivity contribution in [1.82, 2.24) is 15.5 Å². The summed E-state index contributed by atoms with van der Waals surface area (Å²) in [6.45, 7) is 9.56. The average molecular weight is 510 g/mol. The van der Waals surface area contributed by atoms with Gasteiger partial charge in [0.05, 0.1) is 13.7 Å². The van der Waals surface area contributed by atoms with Crippen molar-refractivity contribution >= 4 is 29.9 Å². The molecule has 2 rings (SSSR count). The summed E-state index contributed by atoms with van der Waals surface area (Å²) in [4.78, 5) is 7.08. The number of nitrogens with zero attached hydrogens (tertiary/aromatic N) is 2. The van der Waals surface area contributed by atoms with Gasteiger partial charge in [-0.3, -0.25) is 4.90 Å². The molecule has 0 aliphatic carbocycles. The number of methoxy groups -OCH3 is 1. The number of rotatable bonds is 9. The van der Waals surface area contributed by atoms with Crippen molar-refractivity contribution < 1.29 is 4.74 Å². The van der Waals surface area contributed by atoms with Gasteiger partial charge in [-0.25, -0.2) is 4.99 Å². The lowest BCUT2D eigenvalue weighted by atomic mass is 10.1.